The number of hydrogen-bond acceptors (Lipinski definition) is 5. The Morgan fingerprint density at radius 1 is 1.11 bits per heavy atom. The van der Waals surface area contributed by atoms with Gasteiger partial charge >= 0.3 is 0 Å². The third kappa shape index (κ3) is 7.64. The summed E-state index contributed by atoms with van der Waals surface area (Å²) in [5.41, 5.74) is 0. The van der Waals surface area contributed by atoms with Crippen LogP contribution in [0.5, 0.6) is 0 Å². The molecule has 27 heavy (non-hydrogen) atoms. The van der Waals surface area contributed by atoms with Crippen molar-refractivity contribution in [3.8, 4) is 0 Å². The van der Waals surface area contributed by atoms with E-state index in [1.807, 2.05) is 25.6 Å². The molecule has 0 aromatic carbocycles. The lowest BCUT2D eigenvalue weighted by Crippen LogP contribution is -2.36. The molecule has 2 fully saturated rings. The molecule has 0 unspecified atom stereocenters. The van der Waals surface area contributed by atoms with Gasteiger partial charge in [0.25, 0.3) is 0 Å². The molecule has 2 aliphatic rings. The first-order chi connectivity index (χ1) is 13.0. The van der Waals surface area contributed by atoms with E-state index in [1.54, 1.807) is 0 Å². The van der Waals surface area contributed by atoms with Crippen molar-refractivity contribution >= 4 is 23.6 Å². The van der Waals surface area contributed by atoms with Gasteiger partial charge < -0.3 is 21.3 Å². The van der Waals surface area contributed by atoms with E-state index < -0.39 is 0 Å². The summed E-state index contributed by atoms with van der Waals surface area (Å²) >= 11 is 2.03. The number of nitrogens with one attached hydrogen (secondary N) is 4. The molecule has 0 spiro atoms. The molecule has 0 aliphatic carbocycles. The number of rotatable bonds is 12. The number of amides is 2. The first-order valence-corrected chi connectivity index (χ1v) is 11.4. The average molecular weight is 397 g/mol. The maximum atomic E-state index is 11.9. The summed E-state index contributed by atoms with van der Waals surface area (Å²) in [6, 6.07) is 1.02. The second-order valence-electron chi connectivity index (χ2n) is 7.87. The lowest BCUT2D eigenvalue weighted by Gasteiger charge is -2.17. The van der Waals surface area contributed by atoms with Crippen LogP contribution in [0, 0.1) is 5.92 Å². The van der Waals surface area contributed by atoms with Crippen LogP contribution >= 0.6 is 11.8 Å². The normalized spacial score (nSPS) is 23.7. The number of hydrogen-bond donors (Lipinski definition) is 4. The molecule has 6 nitrogen and oxygen atoms in total. The fourth-order valence-corrected chi connectivity index (χ4v) is 5.08. The summed E-state index contributed by atoms with van der Waals surface area (Å²) in [4.78, 5) is 23.3. The quantitative estimate of drug-likeness (QED) is 0.380. The SMILES string of the molecule is C=C1N[C@H]2[C@H](CS[C@H]2CCCCC(=O)NCCCCCNC(=O)C(C)C)N1. The minimum atomic E-state index is 0.0449. The van der Waals surface area contributed by atoms with Crippen LogP contribution in [0.15, 0.2) is 12.4 Å². The van der Waals surface area contributed by atoms with E-state index in [4.69, 9.17) is 0 Å². The molecule has 4 N–H and O–H groups in total. The van der Waals surface area contributed by atoms with Gasteiger partial charge in [-0.3, -0.25) is 9.59 Å². The molecule has 2 rings (SSSR count). The zero-order valence-electron chi connectivity index (χ0n) is 16.8. The van der Waals surface area contributed by atoms with Crippen LogP contribution in [0.25, 0.3) is 0 Å². The van der Waals surface area contributed by atoms with Crippen molar-refractivity contribution in [1.29, 1.82) is 0 Å². The molecular formula is C20H36N4O2S. The summed E-state index contributed by atoms with van der Waals surface area (Å²) in [5.74, 6) is 2.41. The molecule has 0 saturated carbocycles. The molecule has 154 valence electrons. The number of carbonyl (C=O) groups excluding carboxylic acids is 2. The predicted molar refractivity (Wildman–Crippen MR) is 112 cm³/mol. The first-order valence-electron chi connectivity index (χ1n) is 10.4. The molecule has 0 radical (unpaired) electrons. The zero-order chi connectivity index (χ0) is 19.6. The summed E-state index contributed by atoms with van der Waals surface area (Å²) in [6.07, 6.45) is 6.77. The van der Waals surface area contributed by atoms with Gasteiger partial charge in [-0.25, -0.2) is 0 Å². The van der Waals surface area contributed by atoms with Crippen molar-refractivity contribution in [2.24, 2.45) is 5.92 Å². The van der Waals surface area contributed by atoms with Crippen LogP contribution in [0.1, 0.15) is 58.8 Å². The highest BCUT2D eigenvalue weighted by Crippen LogP contribution is 2.34. The molecule has 3 atom stereocenters. The van der Waals surface area contributed by atoms with Gasteiger partial charge in [0.1, 0.15) is 0 Å². The zero-order valence-corrected chi connectivity index (χ0v) is 17.6. The van der Waals surface area contributed by atoms with E-state index in [1.165, 1.54) is 0 Å². The highest BCUT2D eigenvalue weighted by Gasteiger charge is 2.40. The van der Waals surface area contributed by atoms with E-state index in [0.717, 1.165) is 63.2 Å². The largest absolute Gasteiger partial charge is 0.367 e. The Bertz CT molecular complexity index is 512. The van der Waals surface area contributed by atoms with Crippen LogP contribution in [0.2, 0.25) is 0 Å². The maximum absolute atomic E-state index is 11.9. The summed E-state index contributed by atoms with van der Waals surface area (Å²) in [6.45, 7) is 9.21. The van der Waals surface area contributed by atoms with Crippen molar-refractivity contribution in [2.45, 2.75) is 76.1 Å². The van der Waals surface area contributed by atoms with Gasteiger partial charge in [-0.2, -0.15) is 11.8 Å². The average Bonchev–Trinajstić information content (AvgIpc) is 3.17. The van der Waals surface area contributed by atoms with Crippen molar-refractivity contribution in [3.63, 3.8) is 0 Å². The molecule has 2 aliphatic heterocycles. The number of thioether (sulfide) groups is 1. The molecule has 0 bridgehead atoms. The fourth-order valence-electron chi connectivity index (χ4n) is 3.54. The molecule has 2 saturated heterocycles. The second-order valence-corrected chi connectivity index (χ2v) is 9.15. The Hall–Kier alpha value is -1.37. The second kappa shape index (κ2) is 11.5. The van der Waals surface area contributed by atoms with Gasteiger partial charge in [0.2, 0.25) is 11.8 Å². The Kier molecular flexibility index (Phi) is 9.31. The summed E-state index contributed by atoms with van der Waals surface area (Å²) in [7, 11) is 0. The number of unbranched alkanes of at least 4 members (excludes halogenated alkanes) is 3. The van der Waals surface area contributed by atoms with Crippen LogP contribution in [-0.4, -0.2) is 48.0 Å². The van der Waals surface area contributed by atoms with Gasteiger partial charge in [-0.15, -0.1) is 0 Å². The van der Waals surface area contributed by atoms with Crippen LogP contribution < -0.4 is 21.3 Å². The Morgan fingerprint density at radius 3 is 2.59 bits per heavy atom. The minimum Gasteiger partial charge on any atom is -0.367 e. The molecular weight excluding hydrogens is 360 g/mol. The third-order valence-corrected chi connectivity index (χ3v) is 6.67. The number of carbonyl (C=O) groups is 2. The van der Waals surface area contributed by atoms with E-state index in [2.05, 4.69) is 27.8 Å². The van der Waals surface area contributed by atoms with E-state index in [-0.39, 0.29) is 17.7 Å². The van der Waals surface area contributed by atoms with Gasteiger partial charge in [0.05, 0.1) is 17.9 Å². The Labute approximate surface area is 168 Å². The lowest BCUT2D eigenvalue weighted by atomic mass is 10.0. The van der Waals surface area contributed by atoms with Gasteiger partial charge in [-0.05, 0) is 32.1 Å². The summed E-state index contributed by atoms with van der Waals surface area (Å²) < 4.78 is 0. The van der Waals surface area contributed by atoms with Crippen molar-refractivity contribution in [2.75, 3.05) is 18.8 Å². The molecule has 2 heterocycles. The monoisotopic (exact) mass is 396 g/mol. The van der Waals surface area contributed by atoms with Gasteiger partial charge in [0, 0.05) is 36.4 Å². The van der Waals surface area contributed by atoms with E-state index >= 15 is 0 Å². The van der Waals surface area contributed by atoms with E-state index in [9.17, 15) is 9.59 Å². The molecule has 0 aromatic rings. The van der Waals surface area contributed by atoms with Crippen molar-refractivity contribution in [3.05, 3.63) is 12.4 Å². The van der Waals surface area contributed by atoms with Gasteiger partial charge in [-0.1, -0.05) is 26.8 Å². The maximum Gasteiger partial charge on any atom is 0.222 e. The lowest BCUT2D eigenvalue weighted by molar-refractivity contribution is -0.124. The Morgan fingerprint density at radius 2 is 1.85 bits per heavy atom. The number of fused-ring (bicyclic) bond motifs is 1. The van der Waals surface area contributed by atoms with Crippen molar-refractivity contribution < 1.29 is 9.59 Å². The van der Waals surface area contributed by atoms with Crippen molar-refractivity contribution in [1.82, 2.24) is 21.3 Å². The van der Waals surface area contributed by atoms with Crippen LogP contribution in [0.4, 0.5) is 0 Å². The van der Waals surface area contributed by atoms with Gasteiger partial charge in [0.15, 0.2) is 0 Å². The highest BCUT2D eigenvalue weighted by atomic mass is 32.2. The molecule has 2 amide bonds. The smallest absolute Gasteiger partial charge is 0.222 e. The van der Waals surface area contributed by atoms with Crippen LogP contribution in [-0.2, 0) is 9.59 Å². The predicted octanol–water partition coefficient (Wildman–Crippen LogP) is 2.12. The molecule has 0 aromatic heterocycles. The molecule has 7 heteroatoms. The first kappa shape index (κ1) is 21.9. The van der Waals surface area contributed by atoms with E-state index in [0.29, 0.717) is 23.8 Å². The highest BCUT2D eigenvalue weighted by molar-refractivity contribution is 8.00. The Balaban J connectivity index is 1.41. The minimum absolute atomic E-state index is 0.0449. The standard InChI is InChI=1S/C20H36N4O2S/c1-14(2)20(26)22-12-8-4-7-11-21-18(25)10-6-5-9-17-19-16(13-27-17)23-15(3)24-19/h14,16-17,19,23-24H,3-13H2,1-2H3,(H,21,25)(H,22,26)/t16-,17-,19-/m0/s1. The summed E-state index contributed by atoms with van der Waals surface area (Å²) in [5, 5.41) is 13.4. The van der Waals surface area contributed by atoms with Crippen LogP contribution in [0.3, 0.4) is 0 Å². The third-order valence-electron chi connectivity index (χ3n) is 5.17. The topological polar surface area (TPSA) is 82.3 Å². The fraction of sp³-hybridized carbons (Fsp3) is 0.800.